The SMILES string of the molecule is CCCCCCCCCCCCCCOc1ccc(N)c(Br)c1. The number of rotatable bonds is 14. The van der Waals surface area contributed by atoms with E-state index in [0.717, 1.165) is 28.9 Å². The number of anilines is 1. The van der Waals surface area contributed by atoms with Gasteiger partial charge in [0.25, 0.3) is 0 Å². The predicted octanol–water partition coefficient (Wildman–Crippen LogP) is 7.11. The molecule has 0 aliphatic rings. The summed E-state index contributed by atoms with van der Waals surface area (Å²) in [7, 11) is 0. The Hall–Kier alpha value is -0.700. The highest BCUT2D eigenvalue weighted by Gasteiger charge is 1.99. The molecule has 1 rings (SSSR count). The molecule has 0 radical (unpaired) electrons. The van der Waals surface area contributed by atoms with Crippen LogP contribution >= 0.6 is 15.9 Å². The molecule has 0 heterocycles. The van der Waals surface area contributed by atoms with E-state index in [-0.39, 0.29) is 0 Å². The second-order valence-electron chi connectivity index (χ2n) is 6.42. The van der Waals surface area contributed by atoms with Gasteiger partial charge < -0.3 is 10.5 Å². The normalized spacial score (nSPS) is 10.9. The highest BCUT2D eigenvalue weighted by atomic mass is 79.9. The lowest BCUT2D eigenvalue weighted by Gasteiger charge is -2.07. The summed E-state index contributed by atoms with van der Waals surface area (Å²) >= 11 is 3.42. The van der Waals surface area contributed by atoms with Crippen LogP contribution in [0.5, 0.6) is 5.75 Å². The van der Waals surface area contributed by atoms with Crippen molar-refractivity contribution < 1.29 is 4.74 Å². The van der Waals surface area contributed by atoms with Gasteiger partial charge in [0.15, 0.2) is 0 Å². The van der Waals surface area contributed by atoms with Gasteiger partial charge in [0.05, 0.1) is 6.61 Å². The van der Waals surface area contributed by atoms with Crippen molar-refractivity contribution in [3.05, 3.63) is 22.7 Å². The molecule has 0 fully saturated rings. The minimum absolute atomic E-state index is 0.753. The molecule has 0 spiro atoms. The number of ether oxygens (including phenoxy) is 1. The Labute approximate surface area is 151 Å². The molecule has 0 aromatic heterocycles. The van der Waals surface area contributed by atoms with Crippen molar-refractivity contribution in [2.24, 2.45) is 0 Å². The third kappa shape index (κ3) is 10.6. The van der Waals surface area contributed by atoms with Crippen molar-refractivity contribution in [1.82, 2.24) is 0 Å². The Balaban J connectivity index is 1.85. The van der Waals surface area contributed by atoms with Crippen LogP contribution in [0.3, 0.4) is 0 Å². The second-order valence-corrected chi connectivity index (χ2v) is 7.28. The maximum atomic E-state index is 5.76. The molecule has 0 saturated heterocycles. The maximum Gasteiger partial charge on any atom is 0.120 e. The van der Waals surface area contributed by atoms with E-state index in [2.05, 4.69) is 22.9 Å². The Morgan fingerprint density at radius 3 is 1.87 bits per heavy atom. The first-order valence-corrected chi connectivity index (χ1v) is 10.2. The molecule has 2 N–H and O–H groups in total. The van der Waals surface area contributed by atoms with Crippen LogP contribution in [0.4, 0.5) is 5.69 Å². The zero-order valence-corrected chi connectivity index (χ0v) is 16.4. The Bertz CT molecular complexity index is 409. The Morgan fingerprint density at radius 2 is 1.35 bits per heavy atom. The van der Waals surface area contributed by atoms with Gasteiger partial charge in [-0.1, -0.05) is 77.6 Å². The molecule has 2 nitrogen and oxygen atoms in total. The zero-order chi connectivity index (χ0) is 16.8. The lowest BCUT2D eigenvalue weighted by atomic mass is 10.1. The van der Waals surface area contributed by atoms with Gasteiger partial charge in [-0.2, -0.15) is 0 Å². The van der Waals surface area contributed by atoms with E-state index >= 15 is 0 Å². The first kappa shape index (κ1) is 20.3. The number of unbranched alkanes of at least 4 members (excludes halogenated alkanes) is 11. The molecule has 0 aliphatic carbocycles. The summed E-state index contributed by atoms with van der Waals surface area (Å²) in [6, 6.07) is 5.75. The van der Waals surface area contributed by atoms with Crippen molar-refractivity contribution in [1.29, 1.82) is 0 Å². The van der Waals surface area contributed by atoms with Crippen LogP contribution in [0.1, 0.15) is 84.0 Å². The Kier molecular flexibility index (Phi) is 12.1. The topological polar surface area (TPSA) is 35.2 Å². The fraction of sp³-hybridized carbons (Fsp3) is 0.700. The van der Waals surface area contributed by atoms with Gasteiger partial charge in [-0.05, 0) is 40.5 Å². The van der Waals surface area contributed by atoms with Crippen molar-refractivity contribution in [2.45, 2.75) is 84.0 Å². The van der Waals surface area contributed by atoms with Crippen molar-refractivity contribution in [3.8, 4) is 5.75 Å². The third-order valence-electron chi connectivity index (χ3n) is 4.24. The molecule has 0 aliphatic heterocycles. The van der Waals surface area contributed by atoms with Crippen molar-refractivity contribution >= 4 is 21.6 Å². The van der Waals surface area contributed by atoms with Crippen molar-refractivity contribution in [2.75, 3.05) is 12.3 Å². The van der Waals surface area contributed by atoms with E-state index in [1.165, 1.54) is 70.6 Å². The van der Waals surface area contributed by atoms with E-state index in [0.29, 0.717) is 0 Å². The Morgan fingerprint density at radius 1 is 0.826 bits per heavy atom. The quantitative estimate of drug-likeness (QED) is 0.274. The molecule has 3 heteroatoms. The molecule has 0 atom stereocenters. The van der Waals surface area contributed by atoms with Gasteiger partial charge in [-0.25, -0.2) is 0 Å². The van der Waals surface area contributed by atoms with E-state index < -0.39 is 0 Å². The summed E-state index contributed by atoms with van der Waals surface area (Å²) in [6.07, 6.45) is 16.4. The van der Waals surface area contributed by atoms with E-state index in [1.807, 2.05) is 18.2 Å². The molecule has 23 heavy (non-hydrogen) atoms. The third-order valence-corrected chi connectivity index (χ3v) is 4.93. The predicted molar refractivity (Wildman–Crippen MR) is 105 cm³/mol. The minimum Gasteiger partial charge on any atom is -0.494 e. The average Bonchev–Trinajstić information content (AvgIpc) is 2.55. The number of benzene rings is 1. The van der Waals surface area contributed by atoms with E-state index in [1.54, 1.807) is 0 Å². The summed E-state index contributed by atoms with van der Waals surface area (Å²) < 4.78 is 6.66. The largest absolute Gasteiger partial charge is 0.494 e. The van der Waals surface area contributed by atoms with Gasteiger partial charge in [-0.3, -0.25) is 0 Å². The molecule has 0 bridgehead atoms. The molecular weight excluding hydrogens is 350 g/mol. The second kappa shape index (κ2) is 13.7. The van der Waals surface area contributed by atoms with Gasteiger partial charge in [-0.15, -0.1) is 0 Å². The van der Waals surface area contributed by atoms with Gasteiger partial charge in [0, 0.05) is 10.2 Å². The van der Waals surface area contributed by atoms with Crippen LogP contribution in [0.2, 0.25) is 0 Å². The summed E-state index contributed by atoms with van der Waals surface area (Å²) in [4.78, 5) is 0. The number of hydrogen-bond acceptors (Lipinski definition) is 2. The van der Waals surface area contributed by atoms with Gasteiger partial charge in [0.2, 0.25) is 0 Å². The van der Waals surface area contributed by atoms with Crippen LogP contribution in [0.25, 0.3) is 0 Å². The molecule has 0 unspecified atom stereocenters. The minimum atomic E-state index is 0.753. The van der Waals surface area contributed by atoms with E-state index in [4.69, 9.17) is 10.5 Å². The molecule has 1 aromatic rings. The van der Waals surface area contributed by atoms with Crippen LogP contribution in [-0.4, -0.2) is 6.61 Å². The number of nitrogens with two attached hydrogens (primary N) is 1. The van der Waals surface area contributed by atoms with Crippen LogP contribution in [-0.2, 0) is 0 Å². The summed E-state index contributed by atoms with van der Waals surface area (Å²) in [5.74, 6) is 0.897. The number of halogens is 1. The molecular formula is C20H34BrNO. The van der Waals surface area contributed by atoms with Crippen molar-refractivity contribution in [3.63, 3.8) is 0 Å². The summed E-state index contributed by atoms with van der Waals surface area (Å²) in [5.41, 5.74) is 6.51. The fourth-order valence-corrected chi connectivity index (χ4v) is 3.09. The monoisotopic (exact) mass is 383 g/mol. The zero-order valence-electron chi connectivity index (χ0n) is 14.8. The van der Waals surface area contributed by atoms with Gasteiger partial charge >= 0.3 is 0 Å². The lowest BCUT2D eigenvalue weighted by Crippen LogP contribution is -1.98. The molecule has 0 saturated carbocycles. The summed E-state index contributed by atoms with van der Waals surface area (Å²) in [6.45, 7) is 3.08. The van der Waals surface area contributed by atoms with Crippen LogP contribution in [0.15, 0.2) is 22.7 Å². The molecule has 0 amide bonds. The standard InChI is InChI=1S/C20H34BrNO/c1-2-3-4-5-6-7-8-9-10-11-12-13-16-23-18-14-15-20(22)19(21)17-18/h14-15,17H,2-13,16,22H2,1H3. The maximum absolute atomic E-state index is 5.76. The highest BCUT2D eigenvalue weighted by molar-refractivity contribution is 9.10. The van der Waals surface area contributed by atoms with Gasteiger partial charge in [0.1, 0.15) is 5.75 Å². The summed E-state index contributed by atoms with van der Waals surface area (Å²) in [5, 5.41) is 0. The smallest absolute Gasteiger partial charge is 0.120 e. The number of nitrogen functional groups attached to an aromatic ring is 1. The first-order valence-electron chi connectivity index (χ1n) is 9.42. The van der Waals surface area contributed by atoms with Crippen LogP contribution < -0.4 is 10.5 Å². The first-order chi connectivity index (χ1) is 11.2. The molecule has 132 valence electrons. The molecule has 1 aromatic carbocycles. The fourth-order valence-electron chi connectivity index (χ4n) is 2.73. The average molecular weight is 384 g/mol. The highest BCUT2D eigenvalue weighted by Crippen LogP contribution is 2.24. The lowest BCUT2D eigenvalue weighted by molar-refractivity contribution is 0.304. The van der Waals surface area contributed by atoms with E-state index in [9.17, 15) is 0 Å². The number of hydrogen-bond donors (Lipinski definition) is 1. The van der Waals surface area contributed by atoms with Crippen LogP contribution in [0, 0.1) is 0 Å².